The van der Waals surface area contributed by atoms with E-state index in [4.69, 9.17) is 5.11 Å². The minimum atomic E-state index is -0.798. The monoisotopic (exact) mass is 259 g/mol. The number of anilines is 1. The van der Waals surface area contributed by atoms with Crippen molar-refractivity contribution in [3.63, 3.8) is 0 Å². The molecule has 0 bridgehead atoms. The Morgan fingerprint density at radius 3 is 2.63 bits per heavy atom. The molecule has 0 aromatic heterocycles. The first-order valence-corrected chi connectivity index (χ1v) is 6.34. The van der Waals surface area contributed by atoms with Gasteiger partial charge < -0.3 is 10.0 Å². The lowest BCUT2D eigenvalue weighted by Gasteiger charge is -2.16. The highest BCUT2D eigenvalue weighted by atomic mass is 16.4. The van der Waals surface area contributed by atoms with Gasteiger partial charge in [-0.05, 0) is 24.1 Å². The number of hydrogen-bond acceptors (Lipinski definition) is 2. The number of carboxylic acids is 1. The van der Waals surface area contributed by atoms with Gasteiger partial charge in [-0.3, -0.25) is 9.59 Å². The summed E-state index contributed by atoms with van der Waals surface area (Å²) in [4.78, 5) is 24.1. The van der Waals surface area contributed by atoms with Crippen LogP contribution in [0.25, 0.3) is 0 Å². The maximum absolute atomic E-state index is 11.8. The second-order valence-electron chi connectivity index (χ2n) is 4.76. The molecule has 19 heavy (non-hydrogen) atoms. The maximum atomic E-state index is 11.8. The third-order valence-corrected chi connectivity index (χ3v) is 3.36. The van der Waals surface area contributed by atoms with E-state index in [2.05, 4.69) is 6.58 Å². The predicted octanol–water partition coefficient (Wildman–Crippen LogP) is 2.24. The van der Waals surface area contributed by atoms with Gasteiger partial charge in [-0.15, -0.1) is 6.58 Å². The quantitative estimate of drug-likeness (QED) is 0.825. The number of nitrogens with zero attached hydrogens (tertiary/aromatic N) is 1. The number of rotatable bonds is 5. The minimum Gasteiger partial charge on any atom is -0.481 e. The Morgan fingerprint density at radius 1 is 1.42 bits per heavy atom. The number of carbonyl (C=O) groups is 2. The van der Waals surface area contributed by atoms with Gasteiger partial charge in [-0.2, -0.15) is 0 Å². The van der Waals surface area contributed by atoms with Crippen LogP contribution < -0.4 is 4.90 Å². The van der Waals surface area contributed by atoms with E-state index >= 15 is 0 Å². The second-order valence-corrected chi connectivity index (χ2v) is 4.76. The van der Waals surface area contributed by atoms with Gasteiger partial charge in [-0.25, -0.2) is 0 Å². The molecule has 1 atom stereocenters. The second kappa shape index (κ2) is 5.69. The van der Waals surface area contributed by atoms with Gasteiger partial charge in [0, 0.05) is 31.0 Å². The zero-order valence-corrected chi connectivity index (χ0v) is 10.7. The Bertz CT molecular complexity index is 493. The molecule has 4 heteroatoms. The number of hydrogen-bond donors (Lipinski definition) is 1. The molecule has 0 spiro atoms. The van der Waals surface area contributed by atoms with Gasteiger partial charge in [-0.1, -0.05) is 18.2 Å². The molecular weight excluding hydrogens is 242 g/mol. The fourth-order valence-corrected chi connectivity index (χ4v) is 2.24. The Kier molecular flexibility index (Phi) is 4.00. The summed E-state index contributed by atoms with van der Waals surface area (Å²) in [7, 11) is 0. The van der Waals surface area contributed by atoms with E-state index in [1.807, 2.05) is 30.3 Å². The predicted molar refractivity (Wildman–Crippen MR) is 73.1 cm³/mol. The largest absolute Gasteiger partial charge is 0.481 e. The molecule has 1 aliphatic heterocycles. The zero-order valence-electron chi connectivity index (χ0n) is 10.7. The summed E-state index contributed by atoms with van der Waals surface area (Å²) < 4.78 is 0. The number of benzene rings is 1. The number of carbonyl (C=O) groups excluding carboxylic acids is 1. The van der Waals surface area contributed by atoms with Crippen LogP contribution in [0, 0.1) is 5.92 Å². The molecule has 1 amide bonds. The van der Waals surface area contributed by atoms with Crippen molar-refractivity contribution in [2.45, 2.75) is 19.3 Å². The summed E-state index contributed by atoms with van der Waals surface area (Å²) in [5, 5.41) is 8.63. The molecule has 1 aliphatic rings. The molecule has 1 unspecified atom stereocenters. The van der Waals surface area contributed by atoms with Gasteiger partial charge >= 0.3 is 5.97 Å². The van der Waals surface area contributed by atoms with E-state index in [9.17, 15) is 9.59 Å². The third kappa shape index (κ3) is 3.22. The zero-order chi connectivity index (χ0) is 13.8. The van der Waals surface area contributed by atoms with Crippen LogP contribution in [0.15, 0.2) is 36.9 Å². The Labute approximate surface area is 112 Å². The molecule has 2 rings (SSSR count). The molecule has 1 aromatic rings. The highest BCUT2D eigenvalue weighted by molar-refractivity contribution is 5.95. The molecule has 1 aromatic carbocycles. The number of aryl methyl sites for hydroxylation is 1. The molecule has 1 fully saturated rings. The van der Waals surface area contributed by atoms with E-state index in [1.165, 1.54) is 0 Å². The molecule has 4 nitrogen and oxygen atoms in total. The van der Waals surface area contributed by atoms with Crippen molar-refractivity contribution in [3.05, 3.63) is 42.5 Å². The maximum Gasteiger partial charge on any atom is 0.303 e. The first-order valence-electron chi connectivity index (χ1n) is 6.34. The summed E-state index contributed by atoms with van der Waals surface area (Å²) >= 11 is 0. The fraction of sp³-hybridized carbons (Fsp3) is 0.333. The molecule has 0 radical (unpaired) electrons. The van der Waals surface area contributed by atoms with Crippen molar-refractivity contribution in [1.82, 2.24) is 0 Å². The van der Waals surface area contributed by atoms with Crippen LogP contribution in [0.5, 0.6) is 0 Å². The van der Waals surface area contributed by atoms with E-state index in [1.54, 1.807) is 4.90 Å². The van der Waals surface area contributed by atoms with Gasteiger partial charge in [0.15, 0.2) is 0 Å². The summed E-state index contributed by atoms with van der Waals surface area (Å²) in [5.41, 5.74) is 1.84. The molecule has 1 heterocycles. The van der Waals surface area contributed by atoms with E-state index < -0.39 is 5.97 Å². The van der Waals surface area contributed by atoms with Gasteiger partial charge in [0.25, 0.3) is 0 Å². The normalized spacial score (nSPS) is 18.6. The summed E-state index contributed by atoms with van der Waals surface area (Å²) in [6, 6.07) is 7.51. The Balaban J connectivity index is 2.04. The fourth-order valence-electron chi connectivity index (χ4n) is 2.24. The molecule has 0 saturated carbocycles. The van der Waals surface area contributed by atoms with Crippen molar-refractivity contribution in [2.75, 3.05) is 11.4 Å². The Morgan fingerprint density at radius 2 is 2.11 bits per heavy atom. The van der Waals surface area contributed by atoms with Gasteiger partial charge in [0.05, 0.1) is 0 Å². The molecular formula is C15H17NO3. The smallest absolute Gasteiger partial charge is 0.303 e. The number of carboxylic acid groups (broad SMARTS) is 1. The highest BCUT2D eigenvalue weighted by Crippen LogP contribution is 2.25. The van der Waals surface area contributed by atoms with E-state index in [-0.39, 0.29) is 18.2 Å². The van der Waals surface area contributed by atoms with Crippen LogP contribution in [0.3, 0.4) is 0 Å². The van der Waals surface area contributed by atoms with Crippen LogP contribution in [-0.4, -0.2) is 23.5 Å². The lowest BCUT2D eigenvalue weighted by Crippen LogP contribution is -2.24. The van der Waals surface area contributed by atoms with E-state index in [0.717, 1.165) is 11.3 Å². The summed E-state index contributed by atoms with van der Waals surface area (Å²) in [6.07, 6.45) is 2.97. The van der Waals surface area contributed by atoms with Gasteiger partial charge in [0.2, 0.25) is 5.91 Å². The van der Waals surface area contributed by atoms with Crippen molar-refractivity contribution in [1.29, 1.82) is 0 Å². The van der Waals surface area contributed by atoms with Crippen LogP contribution in [0.2, 0.25) is 0 Å². The van der Waals surface area contributed by atoms with Crippen molar-refractivity contribution in [3.8, 4) is 0 Å². The molecule has 100 valence electrons. The SMILES string of the molecule is C=CC1CC(=O)N(c2ccc(CCC(=O)O)cc2)C1. The topological polar surface area (TPSA) is 57.6 Å². The first-order chi connectivity index (χ1) is 9.10. The van der Waals surface area contributed by atoms with Crippen molar-refractivity contribution < 1.29 is 14.7 Å². The summed E-state index contributed by atoms with van der Waals surface area (Å²) in [6.45, 7) is 4.40. The molecule has 1 saturated heterocycles. The van der Waals surface area contributed by atoms with Crippen LogP contribution >= 0.6 is 0 Å². The average Bonchev–Trinajstić information content (AvgIpc) is 2.78. The third-order valence-electron chi connectivity index (χ3n) is 3.36. The minimum absolute atomic E-state index is 0.114. The molecule has 0 aliphatic carbocycles. The van der Waals surface area contributed by atoms with Crippen molar-refractivity contribution in [2.24, 2.45) is 5.92 Å². The average molecular weight is 259 g/mol. The highest BCUT2D eigenvalue weighted by Gasteiger charge is 2.28. The van der Waals surface area contributed by atoms with Gasteiger partial charge in [0.1, 0.15) is 0 Å². The standard InChI is InChI=1S/C15H17NO3/c1-2-11-9-14(17)16(10-11)13-6-3-12(4-7-13)5-8-15(18)19/h2-4,6-7,11H,1,5,8-10H2,(H,18,19). The number of aliphatic carboxylic acids is 1. The lowest BCUT2D eigenvalue weighted by atomic mass is 10.1. The van der Waals surface area contributed by atoms with Crippen LogP contribution in [0.1, 0.15) is 18.4 Å². The Hall–Kier alpha value is -2.10. The van der Waals surface area contributed by atoms with Crippen LogP contribution in [-0.2, 0) is 16.0 Å². The first kappa shape index (κ1) is 13.3. The van der Waals surface area contributed by atoms with Crippen molar-refractivity contribution >= 4 is 17.6 Å². The number of amides is 1. The van der Waals surface area contributed by atoms with Crippen LogP contribution in [0.4, 0.5) is 5.69 Å². The lowest BCUT2D eigenvalue weighted by molar-refractivity contribution is -0.137. The molecule has 1 N–H and O–H groups in total. The van der Waals surface area contributed by atoms with E-state index in [0.29, 0.717) is 19.4 Å². The summed E-state index contributed by atoms with van der Waals surface area (Å²) in [5.74, 6) is -0.463.